The quantitative estimate of drug-likeness (QED) is 0.791. The van der Waals surface area contributed by atoms with E-state index in [1.54, 1.807) is 15.9 Å². The molecule has 152 valence electrons. The highest BCUT2D eigenvalue weighted by Gasteiger charge is 2.23. The maximum Gasteiger partial charge on any atom is 0.272 e. The van der Waals surface area contributed by atoms with Gasteiger partial charge in [0.2, 0.25) is 6.41 Å². The minimum atomic E-state index is -0.275. The molecule has 0 radical (unpaired) electrons. The van der Waals surface area contributed by atoms with Crippen molar-refractivity contribution >= 4 is 23.9 Å². The fourth-order valence-electron chi connectivity index (χ4n) is 3.41. The number of aryl methyl sites for hydroxylation is 1. The second-order valence-electron chi connectivity index (χ2n) is 7.51. The van der Waals surface area contributed by atoms with Crippen molar-refractivity contribution in [3.63, 3.8) is 0 Å². The molecule has 1 fully saturated rings. The van der Waals surface area contributed by atoms with E-state index in [-0.39, 0.29) is 23.4 Å². The van der Waals surface area contributed by atoms with Gasteiger partial charge < -0.3 is 15.1 Å². The number of pyridine rings is 1. The number of anilines is 1. The number of carbonyl (C=O) groups is 3. The van der Waals surface area contributed by atoms with Crippen molar-refractivity contribution in [3.05, 3.63) is 58.9 Å². The number of para-hydroxylation sites is 1. The molecule has 2 heterocycles. The Morgan fingerprint density at radius 1 is 1.14 bits per heavy atom. The van der Waals surface area contributed by atoms with Crippen LogP contribution in [-0.4, -0.2) is 59.2 Å². The van der Waals surface area contributed by atoms with Gasteiger partial charge in [0.15, 0.2) is 0 Å². The van der Waals surface area contributed by atoms with Crippen LogP contribution in [0.3, 0.4) is 0 Å². The van der Waals surface area contributed by atoms with Crippen LogP contribution in [0.5, 0.6) is 0 Å². The number of carbonyl (C=O) groups excluding carboxylic acids is 3. The van der Waals surface area contributed by atoms with E-state index in [1.807, 2.05) is 25.1 Å². The number of piperazine rings is 1. The normalized spacial score (nSPS) is 14.1. The molecule has 1 N–H and O–H groups in total. The van der Waals surface area contributed by atoms with E-state index in [1.165, 1.54) is 12.3 Å². The summed E-state index contributed by atoms with van der Waals surface area (Å²) in [7, 11) is 0. The van der Waals surface area contributed by atoms with Crippen LogP contribution < -0.4 is 5.32 Å². The lowest BCUT2D eigenvalue weighted by atomic mass is 9.98. The number of benzene rings is 1. The monoisotopic (exact) mass is 394 g/mol. The lowest BCUT2D eigenvalue weighted by Gasteiger charge is -2.32. The summed E-state index contributed by atoms with van der Waals surface area (Å²) in [6.45, 7) is 8.03. The lowest BCUT2D eigenvalue weighted by molar-refractivity contribution is -0.119. The molecule has 1 saturated heterocycles. The van der Waals surface area contributed by atoms with E-state index < -0.39 is 0 Å². The molecule has 3 rings (SSSR count). The maximum atomic E-state index is 12.9. The first-order valence-electron chi connectivity index (χ1n) is 9.76. The summed E-state index contributed by atoms with van der Waals surface area (Å²) in [5.74, 6) is -0.239. The van der Waals surface area contributed by atoms with E-state index in [2.05, 4.69) is 24.1 Å². The Bertz CT molecular complexity index is 918. The Hall–Kier alpha value is -3.22. The molecule has 0 unspecified atom stereocenters. The third-order valence-corrected chi connectivity index (χ3v) is 5.16. The smallest absolute Gasteiger partial charge is 0.272 e. The predicted octanol–water partition coefficient (Wildman–Crippen LogP) is 2.68. The molecule has 1 aliphatic rings. The topological polar surface area (TPSA) is 82.6 Å². The second-order valence-corrected chi connectivity index (χ2v) is 7.51. The molecule has 7 heteroatoms. The van der Waals surface area contributed by atoms with Crippen LogP contribution in [0.25, 0.3) is 0 Å². The van der Waals surface area contributed by atoms with E-state index in [0.717, 1.165) is 23.2 Å². The first-order valence-corrected chi connectivity index (χ1v) is 9.76. The van der Waals surface area contributed by atoms with Gasteiger partial charge in [-0.2, -0.15) is 0 Å². The molecule has 1 aromatic heterocycles. The van der Waals surface area contributed by atoms with Crippen molar-refractivity contribution in [2.45, 2.75) is 26.7 Å². The molecule has 0 bridgehead atoms. The predicted molar refractivity (Wildman–Crippen MR) is 111 cm³/mol. The third kappa shape index (κ3) is 4.62. The van der Waals surface area contributed by atoms with Crippen molar-refractivity contribution in [1.29, 1.82) is 0 Å². The van der Waals surface area contributed by atoms with Crippen molar-refractivity contribution in [2.75, 3.05) is 31.5 Å². The van der Waals surface area contributed by atoms with Gasteiger partial charge in [-0.3, -0.25) is 19.4 Å². The zero-order chi connectivity index (χ0) is 21.0. The highest BCUT2D eigenvalue weighted by molar-refractivity contribution is 6.06. The van der Waals surface area contributed by atoms with Crippen LogP contribution in [0.1, 0.15) is 51.7 Å². The summed E-state index contributed by atoms with van der Waals surface area (Å²) in [5.41, 5.74) is 3.47. The van der Waals surface area contributed by atoms with Crippen LogP contribution in [0.4, 0.5) is 5.69 Å². The van der Waals surface area contributed by atoms with Crippen molar-refractivity contribution < 1.29 is 14.4 Å². The molecular formula is C22H26N4O3. The van der Waals surface area contributed by atoms with Crippen LogP contribution in [0.2, 0.25) is 0 Å². The second kappa shape index (κ2) is 8.86. The zero-order valence-electron chi connectivity index (χ0n) is 17.0. The van der Waals surface area contributed by atoms with E-state index >= 15 is 0 Å². The van der Waals surface area contributed by atoms with Gasteiger partial charge in [0, 0.05) is 43.6 Å². The number of amides is 3. The Morgan fingerprint density at radius 3 is 2.52 bits per heavy atom. The van der Waals surface area contributed by atoms with Crippen LogP contribution >= 0.6 is 0 Å². The molecular weight excluding hydrogens is 368 g/mol. The maximum absolute atomic E-state index is 12.9. The first-order chi connectivity index (χ1) is 13.9. The molecule has 0 atom stereocenters. The van der Waals surface area contributed by atoms with Crippen LogP contribution in [0, 0.1) is 6.92 Å². The molecule has 3 amide bonds. The van der Waals surface area contributed by atoms with Gasteiger partial charge in [0.25, 0.3) is 11.8 Å². The number of hydrogen-bond acceptors (Lipinski definition) is 4. The zero-order valence-corrected chi connectivity index (χ0v) is 17.0. The summed E-state index contributed by atoms with van der Waals surface area (Å²) >= 11 is 0. The Balaban J connectivity index is 1.77. The van der Waals surface area contributed by atoms with Crippen molar-refractivity contribution in [1.82, 2.24) is 14.8 Å². The number of nitrogens with one attached hydrogen (secondary N) is 1. The minimum Gasteiger partial charge on any atom is -0.342 e. The fraction of sp³-hybridized carbons (Fsp3) is 0.364. The highest BCUT2D eigenvalue weighted by Crippen LogP contribution is 2.27. The molecule has 0 saturated carbocycles. The Kier molecular flexibility index (Phi) is 6.26. The lowest BCUT2D eigenvalue weighted by Crippen LogP contribution is -2.48. The standard InChI is InChI=1S/C22H26N4O3/c1-15(2)18-6-4-5-16(3)20(18)24-21(28)17-7-8-23-19(13-17)22(29)26-11-9-25(14-27)10-12-26/h4-8,13-15H,9-12H2,1-3H3,(H,24,28). The van der Waals surface area contributed by atoms with Crippen LogP contribution in [0.15, 0.2) is 36.5 Å². The summed E-state index contributed by atoms with van der Waals surface area (Å²) in [5, 5.41) is 3.00. The molecule has 0 spiro atoms. The number of hydrogen-bond donors (Lipinski definition) is 1. The molecule has 29 heavy (non-hydrogen) atoms. The van der Waals surface area contributed by atoms with Crippen molar-refractivity contribution in [2.24, 2.45) is 0 Å². The Morgan fingerprint density at radius 2 is 1.86 bits per heavy atom. The molecule has 1 aliphatic heterocycles. The Labute approximate surface area is 170 Å². The third-order valence-electron chi connectivity index (χ3n) is 5.16. The van der Waals surface area contributed by atoms with Gasteiger partial charge in [-0.05, 0) is 36.1 Å². The average molecular weight is 394 g/mol. The van der Waals surface area contributed by atoms with Gasteiger partial charge in [-0.15, -0.1) is 0 Å². The molecule has 1 aromatic carbocycles. The largest absolute Gasteiger partial charge is 0.342 e. The van der Waals surface area contributed by atoms with Gasteiger partial charge in [0.1, 0.15) is 5.69 Å². The van der Waals surface area contributed by atoms with Crippen LogP contribution in [-0.2, 0) is 4.79 Å². The molecule has 0 aliphatic carbocycles. The minimum absolute atomic E-state index is 0.228. The van der Waals surface area contributed by atoms with Gasteiger partial charge >= 0.3 is 0 Å². The summed E-state index contributed by atoms with van der Waals surface area (Å²) in [4.78, 5) is 43.9. The van der Waals surface area contributed by atoms with Gasteiger partial charge in [0.05, 0.1) is 0 Å². The molecule has 2 aromatic rings. The number of nitrogens with zero attached hydrogens (tertiary/aromatic N) is 3. The van der Waals surface area contributed by atoms with E-state index in [9.17, 15) is 14.4 Å². The van der Waals surface area contributed by atoms with Crippen molar-refractivity contribution in [3.8, 4) is 0 Å². The highest BCUT2D eigenvalue weighted by atomic mass is 16.2. The van der Waals surface area contributed by atoms with E-state index in [0.29, 0.717) is 31.7 Å². The molecule has 7 nitrogen and oxygen atoms in total. The summed E-state index contributed by atoms with van der Waals surface area (Å²) < 4.78 is 0. The fourth-order valence-corrected chi connectivity index (χ4v) is 3.41. The van der Waals surface area contributed by atoms with Gasteiger partial charge in [-0.1, -0.05) is 32.0 Å². The summed E-state index contributed by atoms with van der Waals surface area (Å²) in [6.07, 6.45) is 2.27. The average Bonchev–Trinajstić information content (AvgIpc) is 2.74. The summed E-state index contributed by atoms with van der Waals surface area (Å²) in [6, 6.07) is 9.07. The first kappa shape index (κ1) is 20.5. The number of rotatable bonds is 5. The SMILES string of the molecule is Cc1cccc(C(C)C)c1NC(=O)c1ccnc(C(=O)N2CCN(C=O)CC2)c1. The van der Waals surface area contributed by atoms with Gasteiger partial charge in [-0.25, -0.2) is 0 Å². The van der Waals surface area contributed by atoms with E-state index in [4.69, 9.17) is 0 Å². The number of aromatic nitrogens is 1.